The maximum Gasteiger partial charge on any atom is 0.319 e. The minimum atomic E-state index is -0.312. The van der Waals surface area contributed by atoms with Gasteiger partial charge in [-0.1, -0.05) is 0 Å². The lowest BCUT2D eigenvalue weighted by atomic mass is 10.1. The molecule has 1 aromatic carbocycles. The van der Waals surface area contributed by atoms with Crippen molar-refractivity contribution in [1.29, 1.82) is 0 Å². The quantitative estimate of drug-likeness (QED) is 0.767. The van der Waals surface area contributed by atoms with Gasteiger partial charge in [-0.05, 0) is 50.1 Å². The first-order chi connectivity index (χ1) is 8.74. The van der Waals surface area contributed by atoms with E-state index in [1.54, 1.807) is 0 Å². The molecule has 3 N–H and O–H groups in total. The maximum atomic E-state index is 12.7. The number of rotatable bonds is 4. The second-order valence-corrected chi connectivity index (χ2v) is 4.47. The van der Waals surface area contributed by atoms with Gasteiger partial charge >= 0.3 is 6.03 Å². The Kier molecular flexibility index (Phi) is 4.52. The maximum absolute atomic E-state index is 12.7. The van der Waals surface area contributed by atoms with E-state index in [-0.39, 0.29) is 11.8 Å². The first kappa shape index (κ1) is 12.8. The number of carbonyl (C=O) groups excluding carboxylic acids is 1. The summed E-state index contributed by atoms with van der Waals surface area (Å²) < 4.78 is 12.7. The molecule has 1 saturated heterocycles. The molecule has 4 nitrogen and oxygen atoms in total. The van der Waals surface area contributed by atoms with E-state index in [2.05, 4.69) is 16.0 Å². The van der Waals surface area contributed by atoms with E-state index in [0.29, 0.717) is 18.3 Å². The van der Waals surface area contributed by atoms with E-state index >= 15 is 0 Å². The highest BCUT2D eigenvalue weighted by Gasteiger charge is 2.13. The summed E-state index contributed by atoms with van der Waals surface area (Å²) in [5, 5.41) is 8.82. The number of hydrogen-bond donors (Lipinski definition) is 3. The number of hydrogen-bond acceptors (Lipinski definition) is 2. The molecule has 2 amide bonds. The summed E-state index contributed by atoms with van der Waals surface area (Å²) in [6, 6.07) is 5.98. The van der Waals surface area contributed by atoms with E-state index in [0.717, 1.165) is 13.0 Å². The van der Waals surface area contributed by atoms with Crippen LogP contribution in [0.1, 0.15) is 19.3 Å². The average molecular weight is 251 g/mol. The summed E-state index contributed by atoms with van der Waals surface area (Å²) in [5.74, 6) is -0.312. The summed E-state index contributed by atoms with van der Waals surface area (Å²) >= 11 is 0. The van der Waals surface area contributed by atoms with Crippen molar-refractivity contribution in [2.75, 3.05) is 18.4 Å². The second kappa shape index (κ2) is 6.35. The molecule has 1 aromatic rings. The molecular weight excluding hydrogens is 233 g/mol. The van der Waals surface area contributed by atoms with Crippen LogP contribution in [0.15, 0.2) is 24.3 Å². The van der Waals surface area contributed by atoms with Crippen molar-refractivity contribution in [1.82, 2.24) is 10.6 Å². The molecule has 1 atom stereocenters. The molecule has 18 heavy (non-hydrogen) atoms. The van der Waals surface area contributed by atoms with Crippen LogP contribution in [0.3, 0.4) is 0 Å². The Bertz CT molecular complexity index is 388. The molecule has 0 aliphatic carbocycles. The fourth-order valence-corrected chi connectivity index (χ4v) is 2.07. The number of benzene rings is 1. The van der Waals surface area contributed by atoms with Gasteiger partial charge in [0.05, 0.1) is 0 Å². The molecule has 1 heterocycles. The van der Waals surface area contributed by atoms with Gasteiger partial charge in [0.2, 0.25) is 0 Å². The van der Waals surface area contributed by atoms with Gasteiger partial charge in [0.1, 0.15) is 5.82 Å². The summed E-state index contributed by atoms with van der Waals surface area (Å²) in [4.78, 5) is 11.5. The summed E-state index contributed by atoms with van der Waals surface area (Å²) in [6.07, 6.45) is 3.34. The van der Waals surface area contributed by atoms with Crippen LogP contribution in [0.25, 0.3) is 0 Å². The molecule has 0 bridgehead atoms. The van der Waals surface area contributed by atoms with Gasteiger partial charge in [0.25, 0.3) is 0 Å². The summed E-state index contributed by atoms with van der Waals surface area (Å²) in [7, 11) is 0. The highest BCUT2D eigenvalue weighted by atomic mass is 19.1. The first-order valence-electron chi connectivity index (χ1n) is 6.28. The van der Waals surface area contributed by atoms with E-state index < -0.39 is 0 Å². The number of halogens is 1. The molecule has 5 heteroatoms. The predicted molar refractivity (Wildman–Crippen MR) is 69.1 cm³/mol. The monoisotopic (exact) mass is 251 g/mol. The Morgan fingerprint density at radius 2 is 2.17 bits per heavy atom. The van der Waals surface area contributed by atoms with Crippen molar-refractivity contribution in [3.63, 3.8) is 0 Å². The fraction of sp³-hybridized carbons (Fsp3) is 0.462. The van der Waals surface area contributed by atoms with E-state index in [1.807, 2.05) is 0 Å². The number of amides is 2. The number of carbonyl (C=O) groups is 1. The highest BCUT2D eigenvalue weighted by molar-refractivity contribution is 5.89. The number of anilines is 1. The lowest BCUT2D eigenvalue weighted by Gasteiger charge is -2.11. The summed E-state index contributed by atoms with van der Waals surface area (Å²) in [6.45, 7) is 1.72. The van der Waals surface area contributed by atoms with Gasteiger partial charge in [-0.3, -0.25) is 0 Å². The number of nitrogens with one attached hydrogen (secondary N) is 3. The third-order valence-corrected chi connectivity index (χ3v) is 3.04. The van der Waals surface area contributed by atoms with Crippen LogP contribution in [-0.2, 0) is 0 Å². The zero-order valence-corrected chi connectivity index (χ0v) is 10.2. The Balaban J connectivity index is 1.66. The fourth-order valence-electron chi connectivity index (χ4n) is 2.07. The Labute approximate surface area is 106 Å². The van der Waals surface area contributed by atoms with E-state index in [9.17, 15) is 9.18 Å². The third kappa shape index (κ3) is 4.00. The van der Waals surface area contributed by atoms with Crippen LogP contribution in [0.5, 0.6) is 0 Å². The van der Waals surface area contributed by atoms with Crippen LogP contribution in [0.2, 0.25) is 0 Å². The predicted octanol–water partition coefficient (Wildman–Crippen LogP) is 2.09. The average Bonchev–Trinajstić information content (AvgIpc) is 2.85. The van der Waals surface area contributed by atoms with Crippen molar-refractivity contribution in [3.8, 4) is 0 Å². The molecule has 0 radical (unpaired) electrons. The highest BCUT2D eigenvalue weighted by Crippen LogP contribution is 2.09. The van der Waals surface area contributed by atoms with Crippen molar-refractivity contribution in [3.05, 3.63) is 30.1 Å². The van der Waals surface area contributed by atoms with Gasteiger partial charge in [-0.15, -0.1) is 0 Å². The minimum absolute atomic E-state index is 0.250. The number of urea groups is 1. The van der Waals surface area contributed by atoms with E-state index in [4.69, 9.17) is 0 Å². The standard InChI is InChI=1S/C13H18FN3O/c14-10-3-5-12(6-4-10)17-13(18)16-9-7-11-2-1-8-15-11/h3-6,11,15H,1-2,7-9H2,(H2,16,17,18)/t11-/m1/s1. The Hall–Kier alpha value is -1.62. The molecule has 98 valence electrons. The van der Waals surface area contributed by atoms with Crippen LogP contribution < -0.4 is 16.0 Å². The summed E-state index contributed by atoms with van der Waals surface area (Å²) in [5.41, 5.74) is 0.591. The molecule has 0 saturated carbocycles. The molecule has 1 aliphatic heterocycles. The van der Waals surface area contributed by atoms with Gasteiger partial charge in [0.15, 0.2) is 0 Å². The Morgan fingerprint density at radius 1 is 1.39 bits per heavy atom. The van der Waals surface area contributed by atoms with Crippen molar-refractivity contribution in [2.45, 2.75) is 25.3 Å². The van der Waals surface area contributed by atoms with Crippen molar-refractivity contribution >= 4 is 11.7 Å². The molecular formula is C13H18FN3O. The lowest BCUT2D eigenvalue weighted by molar-refractivity contribution is 0.251. The normalized spacial score (nSPS) is 18.6. The molecule has 2 rings (SSSR count). The van der Waals surface area contributed by atoms with E-state index in [1.165, 1.54) is 37.1 Å². The van der Waals surface area contributed by atoms with Gasteiger partial charge in [-0.25, -0.2) is 9.18 Å². The van der Waals surface area contributed by atoms with Crippen molar-refractivity contribution in [2.24, 2.45) is 0 Å². The Morgan fingerprint density at radius 3 is 2.83 bits per heavy atom. The lowest BCUT2D eigenvalue weighted by Crippen LogP contribution is -2.33. The third-order valence-electron chi connectivity index (χ3n) is 3.04. The van der Waals surface area contributed by atoms with Crippen LogP contribution in [-0.4, -0.2) is 25.2 Å². The van der Waals surface area contributed by atoms with Crippen LogP contribution in [0, 0.1) is 5.82 Å². The smallest absolute Gasteiger partial charge is 0.319 e. The minimum Gasteiger partial charge on any atom is -0.338 e. The second-order valence-electron chi connectivity index (χ2n) is 4.47. The van der Waals surface area contributed by atoms with Crippen molar-refractivity contribution < 1.29 is 9.18 Å². The SMILES string of the molecule is O=C(NCC[C@H]1CCCN1)Nc1ccc(F)cc1. The molecule has 1 aliphatic rings. The van der Waals surface area contributed by atoms with Gasteiger partial charge < -0.3 is 16.0 Å². The molecule has 0 aromatic heterocycles. The van der Waals surface area contributed by atoms with Gasteiger partial charge in [-0.2, -0.15) is 0 Å². The van der Waals surface area contributed by atoms with Gasteiger partial charge in [0, 0.05) is 18.3 Å². The molecule has 0 unspecified atom stereocenters. The molecule has 1 fully saturated rings. The zero-order chi connectivity index (χ0) is 12.8. The largest absolute Gasteiger partial charge is 0.338 e. The van der Waals surface area contributed by atoms with Crippen LogP contribution in [0.4, 0.5) is 14.9 Å². The zero-order valence-electron chi connectivity index (χ0n) is 10.2. The van der Waals surface area contributed by atoms with Crippen LogP contribution >= 0.6 is 0 Å². The topological polar surface area (TPSA) is 53.2 Å². The first-order valence-corrected chi connectivity index (χ1v) is 6.28. The molecule has 0 spiro atoms.